The molecule has 0 spiro atoms. The molecule has 4 amide bonds. The number of non-ortho nitro benzene ring substituents is 1. The van der Waals surface area contributed by atoms with Gasteiger partial charge in [-0.25, -0.2) is 4.79 Å². The molecule has 0 saturated heterocycles. The predicted molar refractivity (Wildman–Crippen MR) is 295 cm³/mol. The molecule has 4 aliphatic rings. The molecule has 6 rings (SSSR count). The first-order valence-electron chi connectivity index (χ1n) is 27.9. The maximum atomic E-state index is 13.7. The van der Waals surface area contributed by atoms with Crippen LogP contribution in [0.15, 0.2) is 60.2 Å². The summed E-state index contributed by atoms with van der Waals surface area (Å²) in [5.41, 5.74) is 3.30. The Morgan fingerprint density at radius 2 is 1.53 bits per heavy atom. The Balaban J connectivity index is 0.883. The summed E-state index contributed by atoms with van der Waals surface area (Å²) < 4.78 is 16.7. The van der Waals surface area contributed by atoms with Gasteiger partial charge in [0.2, 0.25) is 23.6 Å². The van der Waals surface area contributed by atoms with Crippen LogP contribution in [0.25, 0.3) is 0 Å². The molecule has 4 N–H and O–H groups in total. The minimum Gasteiger partial charge on any atom is -0.429 e. The lowest BCUT2D eigenvalue weighted by Gasteiger charge is -2.58. The fourth-order valence-electron chi connectivity index (χ4n) is 13.2. The lowest BCUT2D eigenvalue weighted by molar-refractivity contribution is -0.384. The number of nitro benzene ring substituents is 1. The van der Waals surface area contributed by atoms with Crippen LogP contribution in [0.5, 0.6) is 5.75 Å². The van der Waals surface area contributed by atoms with Crippen LogP contribution in [0, 0.1) is 62.4 Å². The van der Waals surface area contributed by atoms with Gasteiger partial charge in [-0.05, 0) is 165 Å². The van der Waals surface area contributed by atoms with Crippen molar-refractivity contribution in [1.29, 1.82) is 0 Å². The summed E-state index contributed by atoms with van der Waals surface area (Å²) in [5.74, 6) is 4.07. The summed E-state index contributed by atoms with van der Waals surface area (Å²) in [7, 11) is 0. The van der Waals surface area contributed by atoms with Crippen LogP contribution in [-0.2, 0) is 35.3 Å². The molecule has 15 nitrogen and oxygen atoms in total. The van der Waals surface area contributed by atoms with Crippen LogP contribution in [0.2, 0.25) is 0 Å². The SMILES string of the molecule is CSCC[C@H](NC(=O)[C@H](CC(C)C)NC(=O)CCC(=O)NCCCOC1CC[C@@]2(C)C(=CC[C@H]3[C@@H]4CC[C@H]([C@H](C)CCCC(C)C)[C@@]4(C)CC[C@@H]32)C1)C(=O)Nc1ccc(COC(=O)Oc2ccc([N+](=O)[O-])cc2)cc1. The van der Waals surface area contributed by atoms with Crippen LogP contribution in [0.4, 0.5) is 16.2 Å². The molecule has 16 heteroatoms. The Morgan fingerprint density at radius 1 is 0.800 bits per heavy atom. The van der Waals surface area contributed by atoms with Crippen LogP contribution in [0.3, 0.4) is 0 Å². The van der Waals surface area contributed by atoms with Gasteiger partial charge in [-0.15, -0.1) is 0 Å². The summed E-state index contributed by atoms with van der Waals surface area (Å²) in [6.45, 7) is 17.3. The van der Waals surface area contributed by atoms with E-state index in [0.717, 1.165) is 48.3 Å². The standard InChI is InChI=1S/C59H87N5O10S/c1-38(2)11-9-12-40(5)48-23-24-49-47-22-15-42-36-46(27-30-58(42,6)50(47)28-31-59(48,49)7)72-33-10-32-60-53(65)25-26-54(66)62-52(35-39(3)4)56(68)63-51(29-34-75-8)55(67)61-43-16-13-41(14-17-43)37-73-57(69)74-45-20-18-44(19-21-45)64(70)71/h13-21,38-40,46-52H,9-12,22-37H2,1-8H3,(H,60,65)(H,61,67)(H,62,66)(H,63,68)/t40-,46?,47+,48-,49+,50+,51+,52+,58+,59-/m1/s1. The molecular formula is C59H87N5O10S. The van der Waals surface area contributed by atoms with E-state index in [1.165, 1.54) is 93.8 Å². The van der Waals surface area contributed by atoms with Crippen LogP contribution in [-0.4, -0.2) is 78.1 Å². The normalized spacial score (nSPS) is 25.1. The van der Waals surface area contributed by atoms with Gasteiger partial charge >= 0.3 is 6.16 Å². The number of carbonyl (C=O) groups excluding carboxylic acids is 5. The zero-order valence-electron chi connectivity index (χ0n) is 46.0. The highest BCUT2D eigenvalue weighted by Gasteiger charge is 2.59. The molecule has 414 valence electrons. The van der Waals surface area contributed by atoms with Gasteiger partial charge in [-0.2, -0.15) is 11.8 Å². The number of hydrogen-bond donors (Lipinski definition) is 4. The van der Waals surface area contributed by atoms with Crippen molar-refractivity contribution in [3.8, 4) is 5.75 Å². The largest absolute Gasteiger partial charge is 0.514 e. The number of allylic oxidation sites excluding steroid dienone is 1. The van der Waals surface area contributed by atoms with E-state index < -0.39 is 40.9 Å². The lowest BCUT2D eigenvalue weighted by Crippen LogP contribution is -2.53. The second kappa shape index (κ2) is 27.9. The summed E-state index contributed by atoms with van der Waals surface area (Å²) in [6.07, 6.45) is 19.2. The molecular weight excluding hydrogens is 971 g/mol. The van der Waals surface area contributed by atoms with E-state index in [1.807, 2.05) is 20.1 Å². The third-order valence-corrected chi connectivity index (χ3v) is 17.9. The zero-order chi connectivity index (χ0) is 54.3. The maximum Gasteiger partial charge on any atom is 0.514 e. The highest BCUT2D eigenvalue weighted by Crippen LogP contribution is 2.67. The van der Waals surface area contributed by atoms with Crippen LogP contribution in [0.1, 0.15) is 157 Å². The number of nitrogens with one attached hydrogen (secondary N) is 4. The van der Waals surface area contributed by atoms with Gasteiger partial charge in [0, 0.05) is 43.8 Å². The van der Waals surface area contributed by atoms with E-state index in [9.17, 15) is 34.1 Å². The molecule has 75 heavy (non-hydrogen) atoms. The number of nitrogens with zero attached hydrogens (tertiary/aromatic N) is 1. The average molecular weight is 1060 g/mol. The summed E-state index contributed by atoms with van der Waals surface area (Å²) in [4.78, 5) is 75.7. The number of carbonyl (C=O) groups is 5. The minimum atomic E-state index is -0.991. The van der Waals surface area contributed by atoms with Crippen molar-refractivity contribution in [3.63, 3.8) is 0 Å². The van der Waals surface area contributed by atoms with E-state index in [1.54, 1.807) is 29.8 Å². The summed E-state index contributed by atoms with van der Waals surface area (Å²) in [6, 6.07) is 9.78. The quantitative estimate of drug-likeness (QED) is 0.0165. The zero-order valence-corrected chi connectivity index (χ0v) is 46.9. The fourth-order valence-corrected chi connectivity index (χ4v) is 13.7. The van der Waals surface area contributed by atoms with Crippen molar-refractivity contribution in [2.24, 2.45) is 52.3 Å². The number of thioether (sulfide) groups is 1. The second-order valence-corrected chi connectivity index (χ2v) is 24.4. The Labute approximate surface area is 450 Å². The van der Waals surface area contributed by atoms with E-state index in [0.29, 0.717) is 54.8 Å². The number of rotatable bonds is 27. The third kappa shape index (κ3) is 16.5. The first-order valence-corrected chi connectivity index (χ1v) is 29.3. The Hall–Kier alpha value is -4.96. The van der Waals surface area contributed by atoms with Crippen molar-refractivity contribution < 1.29 is 43.1 Å². The molecule has 3 saturated carbocycles. The van der Waals surface area contributed by atoms with Gasteiger partial charge in [0.25, 0.3) is 5.69 Å². The number of nitro groups is 1. The maximum absolute atomic E-state index is 13.7. The van der Waals surface area contributed by atoms with Gasteiger partial charge in [0.05, 0.1) is 11.0 Å². The molecule has 10 atom stereocenters. The molecule has 2 aromatic carbocycles. The molecule has 4 aliphatic carbocycles. The summed E-state index contributed by atoms with van der Waals surface area (Å²) >= 11 is 1.53. The van der Waals surface area contributed by atoms with Crippen molar-refractivity contribution in [2.75, 3.05) is 30.5 Å². The van der Waals surface area contributed by atoms with Crippen molar-refractivity contribution in [1.82, 2.24) is 16.0 Å². The van der Waals surface area contributed by atoms with E-state index in [-0.39, 0.29) is 54.2 Å². The number of amides is 4. The fraction of sp³-hybridized carbons (Fsp3) is 0.678. The minimum absolute atomic E-state index is 0.0197. The van der Waals surface area contributed by atoms with E-state index >= 15 is 0 Å². The number of anilines is 1. The monoisotopic (exact) mass is 1060 g/mol. The average Bonchev–Trinajstić information content (AvgIpc) is 3.73. The van der Waals surface area contributed by atoms with Crippen molar-refractivity contribution in [2.45, 2.75) is 176 Å². The number of ether oxygens (including phenoxy) is 3. The molecule has 0 radical (unpaired) electrons. The van der Waals surface area contributed by atoms with Crippen molar-refractivity contribution in [3.05, 3.63) is 75.9 Å². The lowest BCUT2D eigenvalue weighted by atomic mass is 9.47. The van der Waals surface area contributed by atoms with Gasteiger partial charge in [-0.1, -0.05) is 91.5 Å². The van der Waals surface area contributed by atoms with E-state index in [2.05, 4.69) is 62.0 Å². The molecule has 1 unspecified atom stereocenters. The first-order chi connectivity index (χ1) is 35.8. The molecule has 0 aromatic heterocycles. The Morgan fingerprint density at radius 3 is 2.23 bits per heavy atom. The van der Waals surface area contributed by atoms with Crippen molar-refractivity contribution >= 4 is 52.9 Å². The Bertz CT molecular complexity index is 2270. The number of fused-ring (bicyclic) bond motifs is 5. The predicted octanol–water partition coefficient (Wildman–Crippen LogP) is 11.7. The highest BCUT2D eigenvalue weighted by atomic mass is 32.2. The van der Waals surface area contributed by atoms with Gasteiger partial charge in [0.1, 0.15) is 24.4 Å². The molecule has 0 aliphatic heterocycles. The van der Waals surface area contributed by atoms with Crippen LogP contribution >= 0.6 is 11.8 Å². The first kappa shape index (κ1) is 59.3. The van der Waals surface area contributed by atoms with Crippen LogP contribution < -0.4 is 26.0 Å². The van der Waals surface area contributed by atoms with Gasteiger partial charge < -0.3 is 35.5 Å². The smallest absolute Gasteiger partial charge is 0.429 e. The topological polar surface area (TPSA) is 204 Å². The number of hydrogen-bond acceptors (Lipinski definition) is 11. The van der Waals surface area contributed by atoms with E-state index in [4.69, 9.17) is 14.2 Å². The highest BCUT2D eigenvalue weighted by molar-refractivity contribution is 7.98. The number of benzene rings is 2. The second-order valence-electron chi connectivity index (χ2n) is 23.4. The third-order valence-electron chi connectivity index (χ3n) is 17.3. The van der Waals surface area contributed by atoms with Gasteiger partial charge in [-0.3, -0.25) is 29.3 Å². The molecule has 0 bridgehead atoms. The Kier molecular flexibility index (Phi) is 22.1. The van der Waals surface area contributed by atoms with Gasteiger partial charge in [0.15, 0.2) is 0 Å². The molecule has 0 heterocycles. The summed E-state index contributed by atoms with van der Waals surface area (Å²) in [5, 5.41) is 22.3. The molecule has 3 fully saturated rings. The molecule has 2 aromatic rings.